The Morgan fingerprint density at radius 1 is 1.26 bits per heavy atom. The Hall–Kier alpha value is -1.55. The number of aliphatic imine (C=N–C) groups is 1. The maximum Gasteiger partial charge on any atom is 0.242 e. The van der Waals surface area contributed by atoms with E-state index < -0.39 is 0 Å². The second-order valence-electron chi connectivity index (χ2n) is 6.61. The van der Waals surface area contributed by atoms with Gasteiger partial charge in [-0.1, -0.05) is 23.7 Å². The third kappa shape index (κ3) is 6.53. The second kappa shape index (κ2) is 10.1. The molecule has 0 spiro atoms. The number of benzene rings is 1. The molecule has 1 saturated carbocycles. The lowest BCUT2D eigenvalue weighted by atomic mass is 10.2. The number of piperazine rings is 1. The zero-order valence-electron chi connectivity index (χ0n) is 15.3. The lowest BCUT2D eigenvalue weighted by molar-refractivity contribution is -0.135. The minimum Gasteiger partial charge on any atom is -0.352 e. The van der Waals surface area contributed by atoms with Crippen molar-refractivity contribution in [3.05, 3.63) is 34.9 Å². The van der Waals surface area contributed by atoms with Gasteiger partial charge in [-0.25, -0.2) is 0 Å². The van der Waals surface area contributed by atoms with Crippen LogP contribution < -0.4 is 10.6 Å². The van der Waals surface area contributed by atoms with Crippen molar-refractivity contribution in [3.8, 4) is 0 Å². The molecule has 27 heavy (non-hydrogen) atoms. The first-order valence-corrected chi connectivity index (χ1v) is 9.20. The van der Waals surface area contributed by atoms with E-state index >= 15 is 0 Å². The van der Waals surface area contributed by atoms with Crippen LogP contribution in [0.5, 0.6) is 0 Å². The highest BCUT2D eigenvalue weighted by Crippen LogP contribution is 2.18. The third-order valence-electron chi connectivity index (χ3n) is 4.47. The van der Waals surface area contributed by atoms with Gasteiger partial charge in [-0.15, -0.1) is 24.0 Å². The molecule has 0 atom stereocenters. The molecule has 0 unspecified atom stereocenters. The van der Waals surface area contributed by atoms with Crippen LogP contribution in [0, 0.1) is 0 Å². The number of halogens is 2. The summed E-state index contributed by atoms with van der Waals surface area (Å²) in [6, 6.07) is 7.86. The molecule has 3 rings (SSSR count). The van der Waals surface area contributed by atoms with Crippen molar-refractivity contribution in [3.63, 3.8) is 0 Å². The fraction of sp³-hybridized carbons (Fsp3) is 0.500. The molecule has 1 saturated heterocycles. The summed E-state index contributed by atoms with van der Waals surface area (Å²) in [6.45, 7) is 2.26. The summed E-state index contributed by atoms with van der Waals surface area (Å²) in [7, 11) is 1.66. The Labute approximate surface area is 181 Å². The summed E-state index contributed by atoms with van der Waals surface area (Å²) in [5, 5.41) is 6.65. The number of carbonyl (C=O) groups is 2. The van der Waals surface area contributed by atoms with Crippen molar-refractivity contribution in [2.75, 3.05) is 33.2 Å². The van der Waals surface area contributed by atoms with E-state index in [0.29, 0.717) is 36.7 Å². The van der Waals surface area contributed by atoms with Gasteiger partial charge in [0.05, 0.1) is 13.1 Å². The number of hydrogen-bond donors (Lipinski definition) is 2. The minimum atomic E-state index is -0.0404. The lowest BCUT2D eigenvalue weighted by Gasteiger charge is -2.36. The van der Waals surface area contributed by atoms with Crippen molar-refractivity contribution in [1.82, 2.24) is 20.4 Å². The van der Waals surface area contributed by atoms with Gasteiger partial charge in [0.15, 0.2) is 5.96 Å². The highest BCUT2D eigenvalue weighted by atomic mass is 127. The SMILES string of the molecule is CN=C(NCC(=O)NC1CC1)N1CCN(Cc2ccc(Cl)cc2)C(=O)C1.I. The molecule has 9 heteroatoms. The number of guanidine groups is 1. The smallest absolute Gasteiger partial charge is 0.242 e. The van der Waals surface area contributed by atoms with Crippen LogP contribution in [0.2, 0.25) is 5.02 Å². The fourth-order valence-electron chi connectivity index (χ4n) is 2.86. The molecule has 148 valence electrons. The summed E-state index contributed by atoms with van der Waals surface area (Å²) in [5.41, 5.74) is 1.05. The van der Waals surface area contributed by atoms with E-state index in [9.17, 15) is 9.59 Å². The van der Waals surface area contributed by atoms with Gasteiger partial charge < -0.3 is 20.4 Å². The minimum absolute atomic E-state index is 0. The van der Waals surface area contributed by atoms with Gasteiger partial charge in [0, 0.05) is 37.7 Å². The summed E-state index contributed by atoms with van der Waals surface area (Å²) >= 11 is 5.90. The monoisotopic (exact) mass is 505 g/mol. The fourth-order valence-corrected chi connectivity index (χ4v) is 2.99. The Bertz CT molecular complexity index is 693. The van der Waals surface area contributed by atoms with Gasteiger partial charge in [-0.3, -0.25) is 14.6 Å². The molecular weight excluding hydrogens is 481 g/mol. The van der Waals surface area contributed by atoms with Crippen LogP contribution in [0.4, 0.5) is 0 Å². The molecule has 2 fully saturated rings. The van der Waals surface area contributed by atoms with Crippen LogP contribution in [-0.4, -0.2) is 66.8 Å². The molecule has 0 aromatic heterocycles. The predicted octanol–water partition coefficient (Wildman–Crippen LogP) is 1.46. The number of amides is 2. The molecule has 1 aliphatic carbocycles. The second-order valence-corrected chi connectivity index (χ2v) is 7.04. The number of nitrogens with one attached hydrogen (secondary N) is 2. The van der Waals surface area contributed by atoms with Crippen LogP contribution in [0.25, 0.3) is 0 Å². The van der Waals surface area contributed by atoms with E-state index in [4.69, 9.17) is 11.6 Å². The molecule has 1 heterocycles. The number of nitrogens with zero attached hydrogens (tertiary/aromatic N) is 3. The summed E-state index contributed by atoms with van der Waals surface area (Å²) < 4.78 is 0. The molecular formula is C18H25ClIN5O2. The van der Waals surface area contributed by atoms with Gasteiger partial charge in [-0.05, 0) is 30.5 Å². The van der Waals surface area contributed by atoms with E-state index in [0.717, 1.165) is 18.4 Å². The molecule has 1 aliphatic heterocycles. The highest BCUT2D eigenvalue weighted by molar-refractivity contribution is 14.0. The third-order valence-corrected chi connectivity index (χ3v) is 4.72. The van der Waals surface area contributed by atoms with Crippen molar-refractivity contribution < 1.29 is 9.59 Å². The summed E-state index contributed by atoms with van der Waals surface area (Å²) in [6.07, 6.45) is 2.12. The highest BCUT2D eigenvalue weighted by Gasteiger charge is 2.27. The largest absolute Gasteiger partial charge is 0.352 e. The molecule has 2 aliphatic rings. The predicted molar refractivity (Wildman–Crippen MR) is 116 cm³/mol. The zero-order valence-corrected chi connectivity index (χ0v) is 18.4. The maximum absolute atomic E-state index is 12.5. The van der Waals surface area contributed by atoms with Crippen LogP contribution >= 0.6 is 35.6 Å². The van der Waals surface area contributed by atoms with E-state index in [1.807, 2.05) is 34.1 Å². The van der Waals surface area contributed by atoms with E-state index in [1.54, 1.807) is 7.05 Å². The van der Waals surface area contributed by atoms with Crippen molar-refractivity contribution in [2.45, 2.75) is 25.4 Å². The average molecular weight is 506 g/mol. The topological polar surface area (TPSA) is 77.0 Å². The standard InChI is InChI=1S/C18H24ClN5O2.HI/c1-20-18(21-10-16(25)22-15-6-7-15)24-9-8-23(17(26)12-24)11-13-2-4-14(19)5-3-13;/h2-5,15H,6-12H2,1H3,(H,20,21)(H,22,25);1H. The van der Waals surface area contributed by atoms with Crippen LogP contribution in [-0.2, 0) is 16.1 Å². The van der Waals surface area contributed by atoms with Crippen LogP contribution in [0.1, 0.15) is 18.4 Å². The molecule has 1 aromatic carbocycles. The molecule has 2 N–H and O–H groups in total. The number of carbonyl (C=O) groups excluding carboxylic acids is 2. The van der Waals surface area contributed by atoms with E-state index in [1.165, 1.54) is 0 Å². The first kappa shape index (κ1) is 21.7. The molecule has 0 bridgehead atoms. The van der Waals surface area contributed by atoms with Crippen molar-refractivity contribution in [2.24, 2.45) is 4.99 Å². The van der Waals surface area contributed by atoms with Gasteiger partial charge >= 0.3 is 0 Å². The Morgan fingerprint density at radius 3 is 2.56 bits per heavy atom. The van der Waals surface area contributed by atoms with Crippen molar-refractivity contribution >= 4 is 53.4 Å². The normalized spacial score (nSPS) is 17.4. The lowest BCUT2D eigenvalue weighted by Crippen LogP contribution is -2.55. The number of hydrogen-bond acceptors (Lipinski definition) is 3. The molecule has 1 aromatic rings. The first-order valence-electron chi connectivity index (χ1n) is 8.82. The Kier molecular flexibility index (Phi) is 8.15. The number of rotatable bonds is 5. The van der Waals surface area contributed by atoms with Crippen LogP contribution in [0.15, 0.2) is 29.3 Å². The van der Waals surface area contributed by atoms with Gasteiger partial charge in [0.2, 0.25) is 11.8 Å². The van der Waals surface area contributed by atoms with Gasteiger partial charge in [-0.2, -0.15) is 0 Å². The first-order chi connectivity index (χ1) is 12.5. The summed E-state index contributed by atoms with van der Waals surface area (Å²) in [5.74, 6) is 0.577. The maximum atomic E-state index is 12.5. The molecule has 2 amide bonds. The Balaban J connectivity index is 0.00000261. The molecule has 7 nitrogen and oxygen atoms in total. The zero-order chi connectivity index (χ0) is 18.5. The molecule has 0 radical (unpaired) electrons. The average Bonchev–Trinajstić information content (AvgIpc) is 3.43. The van der Waals surface area contributed by atoms with E-state index in [2.05, 4.69) is 15.6 Å². The van der Waals surface area contributed by atoms with Gasteiger partial charge in [0.1, 0.15) is 0 Å². The van der Waals surface area contributed by atoms with E-state index in [-0.39, 0.29) is 48.9 Å². The quantitative estimate of drug-likeness (QED) is 0.361. The van der Waals surface area contributed by atoms with Crippen LogP contribution in [0.3, 0.4) is 0 Å². The van der Waals surface area contributed by atoms with Gasteiger partial charge in [0.25, 0.3) is 0 Å². The summed E-state index contributed by atoms with van der Waals surface area (Å²) in [4.78, 5) is 32.2. The Morgan fingerprint density at radius 2 is 1.96 bits per heavy atom. The van der Waals surface area contributed by atoms with Crippen molar-refractivity contribution in [1.29, 1.82) is 0 Å².